The van der Waals surface area contributed by atoms with Gasteiger partial charge in [-0.1, -0.05) is 104 Å². The molecule has 0 radical (unpaired) electrons. The summed E-state index contributed by atoms with van der Waals surface area (Å²) in [4.78, 5) is 0. The Hall–Kier alpha value is 0.660. The summed E-state index contributed by atoms with van der Waals surface area (Å²) in [5.74, 6) is 2.26. The lowest BCUT2D eigenvalue weighted by molar-refractivity contribution is 0.583. The largest absolute Gasteiger partial charge is 0.332 e. The van der Waals surface area contributed by atoms with Crippen molar-refractivity contribution in [3.05, 3.63) is 0 Å². The Bertz CT molecular complexity index is 254. The van der Waals surface area contributed by atoms with E-state index in [-0.39, 0.29) is 9.74 Å². The normalized spacial score (nSPS) is 13.2. The van der Waals surface area contributed by atoms with E-state index >= 15 is 0 Å². The summed E-state index contributed by atoms with van der Waals surface area (Å²) in [6.07, 6.45) is 22.0. The van der Waals surface area contributed by atoms with Crippen molar-refractivity contribution < 1.29 is 4.55 Å². The number of thiol groups is 1. The van der Waals surface area contributed by atoms with Crippen LogP contribution in [0.4, 0.5) is 0 Å². The van der Waals surface area contributed by atoms with E-state index in [0.29, 0.717) is 0 Å². The van der Waals surface area contributed by atoms with Crippen molar-refractivity contribution >= 4 is 20.1 Å². The second kappa shape index (κ2) is 20.7. The highest BCUT2D eigenvalue weighted by atomic mass is 32.9. The molecule has 0 saturated heterocycles. The summed E-state index contributed by atoms with van der Waals surface area (Å²) in [5, 5.41) is 0. The highest BCUT2D eigenvalue weighted by molar-refractivity contribution is 8.33. The summed E-state index contributed by atoms with van der Waals surface area (Å²) in [6.45, 7) is 4.55. The van der Waals surface area contributed by atoms with Gasteiger partial charge in [-0.25, -0.2) is 0 Å². The Morgan fingerprint density at radius 2 is 0.957 bits per heavy atom. The predicted octanol–water partition coefficient (Wildman–Crippen LogP) is 7.09. The highest BCUT2D eigenvalue weighted by Crippen LogP contribution is 2.09. The molecule has 0 aliphatic rings. The molecule has 1 nitrogen and oxygen atoms in total. The van der Waals surface area contributed by atoms with Crippen molar-refractivity contribution in [1.82, 2.24) is 0 Å². The van der Waals surface area contributed by atoms with Gasteiger partial charge in [0.05, 0.1) is 0 Å². The van der Waals surface area contributed by atoms with Crippen LogP contribution in [0, 0.1) is 0 Å². The first kappa shape index (κ1) is 23.7. The molecule has 0 heterocycles. The van der Waals surface area contributed by atoms with Gasteiger partial charge in [0, 0.05) is 5.75 Å². The van der Waals surface area contributed by atoms with Crippen LogP contribution in [0.2, 0.25) is 0 Å². The van der Waals surface area contributed by atoms with Crippen LogP contribution >= 0.6 is 0 Å². The van der Waals surface area contributed by atoms with Gasteiger partial charge in [-0.2, -0.15) is 10.3 Å². The maximum atomic E-state index is 10.0. The van der Waals surface area contributed by atoms with Crippen LogP contribution in [-0.4, -0.2) is 16.1 Å². The van der Waals surface area contributed by atoms with Crippen molar-refractivity contribution in [2.24, 2.45) is 0 Å². The van der Waals surface area contributed by atoms with Gasteiger partial charge in [0.2, 0.25) is 0 Å². The molecule has 1 unspecified atom stereocenters. The number of rotatable bonds is 18. The van der Waals surface area contributed by atoms with Gasteiger partial charge in [0.25, 0.3) is 0 Å². The first-order valence-electron chi connectivity index (χ1n) is 10.4. The lowest BCUT2D eigenvalue weighted by Gasteiger charge is -2.04. The second-order valence-corrected chi connectivity index (χ2v) is 10.7. The van der Waals surface area contributed by atoms with Gasteiger partial charge in [0.15, 0.2) is 0 Å². The Kier molecular flexibility index (Phi) is 21.3. The van der Waals surface area contributed by atoms with E-state index in [2.05, 4.69) is 13.8 Å². The molecule has 0 aromatic carbocycles. The molecule has 0 aromatic heterocycles. The van der Waals surface area contributed by atoms with Gasteiger partial charge >= 0.3 is 0 Å². The van der Waals surface area contributed by atoms with Gasteiger partial charge in [-0.3, -0.25) is 0 Å². The number of hydrogen-bond donors (Lipinski definition) is 2. The smallest absolute Gasteiger partial charge is 0.0172 e. The van der Waals surface area contributed by atoms with Crippen LogP contribution in [0.25, 0.3) is 0 Å². The zero-order valence-corrected chi connectivity index (χ0v) is 17.7. The molecule has 1 atom stereocenters. The quantitative estimate of drug-likeness (QED) is 0.196. The summed E-state index contributed by atoms with van der Waals surface area (Å²) in [5.41, 5.74) is 0. The van der Waals surface area contributed by atoms with Gasteiger partial charge in [-0.15, -0.1) is 0 Å². The second-order valence-electron chi connectivity index (χ2n) is 6.85. The molecule has 0 aliphatic heterocycles. The van der Waals surface area contributed by atoms with Crippen LogP contribution in [0.1, 0.15) is 117 Å². The fourth-order valence-corrected chi connectivity index (χ4v) is 5.79. The van der Waals surface area contributed by atoms with Crippen molar-refractivity contribution in [1.29, 1.82) is 0 Å². The topological polar surface area (TPSA) is 20.2 Å². The molecule has 3 heteroatoms. The summed E-state index contributed by atoms with van der Waals surface area (Å²) >= 11 is 0. The van der Waals surface area contributed by atoms with E-state index in [9.17, 15) is 4.55 Å². The monoisotopic (exact) mass is 364 g/mol. The van der Waals surface area contributed by atoms with E-state index in [1.807, 2.05) is 0 Å². The van der Waals surface area contributed by atoms with Crippen LogP contribution in [0.3, 0.4) is 0 Å². The Balaban J connectivity index is 3.24. The van der Waals surface area contributed by atoms with Crippen LogP contribution in [0.5, 0.6) is 0 Å². The molecule has 0 aromatic rings. The maximum Gasteiger partial charge on any atom is 0.0172 e. The molecule has 23 heavy (non-hydrogen) atoms. The van der Waals surface area contributed by atoms with Gasteiger partial charge < -0.3 is 4.55 Å². The van der Waals surface area contributed by atoms with E-state index in [1.165, 1.54) is 119 Å². The summed E-state index contributed by atoms with van der Waals surface area (Å²) < 4.78 is 10.0. The van der Waals surface area contributed by atoms with Crippen LogP contribution in [-0.2, 0) is 20.1 Å². The molecule has 0 fully saturated rings. The van der Waals surface area contributed by atoms with Crippen molar-refractivity contribution in [3.8, 4) is 0 Å². The number of hydrogen-bond acceptors (Lipinski definition) is 0. The fraction of sp³-hybridized carbons (Fsp3) is 1.00. The first-order chi connectivity index (χ1) is 11.3. The SMILES string of the molecule is CCCCCCCCCC[SH]=S(O)CCCCCCCCCC. The zero-order chi connectivity index (χ0) is 17.0. The third-order valence-corrected chi connectivity index (χ3v) is 7.87. The van der Waals surface area contributed by atoms with Crippen molar-refractivity contribution in [2.75, 3.05) is 11.5 Å². The molecule has 0 spiro atoms. The lowest BCUT2D eigenvalue weighted by atomic mass is 10.1. The van der Waals surface area contributed by atoms with Crippen molar-refractivity contribution in [3.63, 3.8) is 0 Å². The minimum Gasteiger partial charge on any atom is -0.332 e. The average Bonchev–Trinajstić information content (AvgIpc) is 2.56. The third kappa shape index (κ3) is 20.6. The molecule has 0 bridgehead atoms. The molecule has 0 aliphatic carbocycles. The average molecular weight is 365 g/mol. The molecule has 0 saturated carbocycles. The van der Waals surface area contributed by atoms with E-state index < -0.39 is 0 Å². The van der Waals surface area contributed by atoms with Crippen LogP contribution < -0.4 is 0 Å². The zero-order valence-electron chi connectivity index (χ0n) is 16.0. The van der Waals surface area contributed by atoms with E-state index in [4.69, 9.17) is 0 Å². The molecule has 1 N–H and O–H groups in total. The molecule has 0 rings (SSSR count). The van der Waals surface area contributed by atoms with Crippen molar-refractivity contribution in [2.45, 2.75) is 117 Å². The first-order valence-corrected chi connectivity index (χ1v) is 13.4. The Morgan fingerprint density at radius 1 is 0.565 bits per heavy atom. The lowest BCUT2D eigenvalue weighted by Crippen LogP contribution is -1.98. The fourth-order valence-electron chi connectivity index (χ4n) is 2.85. The molecule has 0 amide bonds. The molecule has 142 valence electrons. The van der Waals surface area contributed by atoms with Crippen LogP contribution in [0.15, 0.2) is 0 Å². The molecular formula is C20H44OS2. The standard InChI is InChI=1S/C20H44OS2/c1-3-5-7-9-11-13-15-17-19-22-23(21)20-18-16-14-12-10-8-6-4-2/h21-22H,3-20H2,1-2H3. The highest BCUT2D eigenvalue weighted by Gasteiger charge is 1.95. The predicted molar refractivity (Wildman–Crippen MR) is 114 cm³/mol. The summed E-state index contributed by atoms with van der Waals surface area (Å²) in [7, 11) is 0.991. The minimum atomic E-state index is -0.320. The molecular weight excluding hydrogens is 320 g/mol. The van der Waals surface area contributed by atoms with Gasteiger partial charge in [-0.05, 0) is 28.3 Å². The maximum absolute atomic E-state index is 10.0. The van der Waals surface area contributed by atoms with Gasteiger partial charge in [0.1, 0.15) is 0 Å². The minimum absolute atomic E-state index is 0.320. The third-order valence-electron chi connectivity index (χ3n) is 4.43. The summed E-state index contributed by atoms with van der Waals surface area (Å²) in [6, 6.07) is 0. The van der Waals surface area contributed by atoms with E-state index in [0.717, 1.165) is 5.75 Å². The Labute approximate surface area is 152 Å². The number of unbranched alkanes of at least 4 members (excludes halogenated alkanes) is 14. The van der Waals surface area contributed by atoms with E-state index in [1.54, 1.807) is 0 Å². The Morgan fingerprint density at radius 3 is 1.43 bits per heavy atom.